The van der Waals surface area contributed by atoms with Crippen molar-refractivity contribution in [3.05, 3.63) is 54.2 Å². The first-order valence-electron chi connectivity index (χ1n) is 6.00. The third-order valence-corrected chi connectivity index (χ3v) is 2.66. The van der Waals surface area contributed by atoms with Gasteiger partial charge in [0, 0.05) is 24.3 Å². The molecule has 1 heterocycles. The standard InChI is InChI=1S/C15H18N2/c1-12(2)17-11-13-7-3-4-8-14(13)15-9-5-6-10-16-15/h3-10,12,17H,11H2,1-2H3. The fourth-order valence-electron chi connectivity index (χ4n) is 1.76. The molecule has 0 unspecified atom stereocenters. The van der Waals surface area contributed by atoms with Gasteiger partial charge in [-0.05, 0) is 17.7 Å². The third kappa shape index (κ3) is 3.14. The van der Waals surface area contributed by atoms with Crippen molar-refractivity contribution in [1.82, 2.24) is 10.3 Å². The van der Waals surface area contributed by atoms with Crippen LogP contribution >= 0.6 is 0 Å². The number of hydrogen-bond donors (Lipinski definition) is 1. The van der Waals surface area contributed by atoms with Gasteiger partial charge in [-0.1, -0.05) is 44.2 Å². The Kier molecular flexibility index (Phi) is 3.89. The molecule has 0 aliphatic rings. The van der Waals surface area contributed by atoms with Crippen LogP contribution in [-0.4, -0.2) is 11.0 Å². The maximum absolute atomic E-state index is 4.41. The number of rotatable bonds is 4. The van der Waals surface area contributed by atoms with Crippen molar-refractivity contribution in [1.29, 1.82) is 0 Å². The number of hydrogen-bond acceptors (Lipinski definition) is 2. The molecule has 0 fully saturated rings. The molecule has 2 nitrogen and oxygen atoms in total. The van der Waals surface area contributed by atoms with Crippen molar-refractivity contribution in [3.8, 4) is 11.3 Å². The van der Waals surface area contributed by atoms with Gasteiger partial charge in [0.1, 0.15) is 0 Å². The number of aromatic nitrogens is 1. The van der Waals surface area contributed by atoms with E-state index >= 15 is 0 Å². The zero-order chi connectivity index (χ0) is 12.1. The van der Waals surface area contributed by atoms with E-state index in [9.17, 15) is 0 Å². The third-order valence-electron chi connectivity index (χ3n) is 2.66. The Hall–Kier alpha value is -1.67. The van der Waals surface area contributed by atoms with Gasteiger partial charge in [0.15, 0.2) is 0 Å². The van der Waals surface area contributed by atoms with Crippen LogP contribution in [0.25, 0.3) is 11.3 Å². The fraction of sp³-hybridized carbons (Fsp3) is 0.267. The summed E-state index contributed by atoms with van der Waals surface area (Å²) in [7, 11) is 0. The van der Waals surface area contributed by atoms with Crippen molar-refractivity contribution in [2.24, 2.45) is 0 Å². The monoisotopic (exact) mass is 226 g/mol. The van der Waals surface area contributed by atoms with E-state index in [0.717, 1.165) is 12.2 Å². The first-order valence-corrected chi connectivity index (χ1v) is 6.00. The Balaban J connectivity index is 2.28. The molecule has 2 rings (SSSR count). The van der Waals surface area contributed by atoms with E-state index < -0.39 is 0 Å². The summed E-state index contributed by atoms with van der Waals surface area (Å²) >= 11 is 0. The van der Waals surface area contributed by atoms with Crippen LogP contribution in [0.3, 0.4) is 0 Å². The predicted octanol–water partition coefficient (Wildman–Crippen LogP) is 3.25. The summed E-state index contributed by atoms with van der Waals surface area (Å²) in [6.45, 7) is 5.19. The lowest BCUT2D eigenvalue weighted by atomic mass is 10.0. The van der Waals surface area contributed by atoms with Crippen LogP contribution in [0.2, 0.25) is 0 Å². The number of benzene rings is 1. The Morgan fingerprint density at radius 3 is 2.53 bits per heavy atom. The molecule has 1 N–H and O–H groups in total. The van der Waals surface area contributed by atoms with E-state index in [1.807, 2.05) is 24.4 Å². The smallest absolute Gasteiger partial charge is 0.0705 e. The molecule has 2 aromatic rings. The molecule has 88 valence electrons. The first kappa shape index (κ1) is 11.8. The summed E-state index contributed by atoms with van der Waals surface area (Å²) in [5.41, 5.74) is 3.54. The molecular formula is C15H18N2. The van der Waals surface area contributed by atoms with Gasteiger partial charge in [-0.3, -0.25) is 4.98 Å². The highest BCUT2D eigenvalue weighted by atomic mass is 14.9. The fourth-order valence-corrected chi connectivity index (χ4v) is 1.76. The molecule has 0 spiro atoms. The van der Waals surface area contributed by atoms with Gasteiger partial charge in [0.2, 0.25) is 0 Å². The van der Waals surface area contributed by atoms with Gasteiger partial charge in [-0.25, -0.2) is 0 Å². The maximum atomic E-state index is 4.41. The molecule has 1 aromatic heterocycles. The van der Waals surface area contributed by atoms with E-state index in [1.54, 1.807) is 0 Å². The van der Waals surface area contributed by atoms with Gasteiger partial charge in [0.25, 0.3) is 0 Å². The summed E-state index contributed by atoms with van der Waals surface area (Å²) in [6, 6.07) is 14.9. The van der Waals surface area contributed by atoms with Crippen LogP contribution in [0.4, 0.5) is 0 Å². The Labute approximate surface area is 103 Å². The maximum Gasteiger partial charge on any atom is 0.0705 e. The van der Waals surface area contributed by atoms with Crippen LogP contribution in [0, 0.1) is 0 Å². The largest absolute Gasteiger partial charge is 0.310 e. The van der Waals surface area contributed by atoms with Crippen molar-refractivity contribution in [3.63, 3.8) is 0 Å². The van der Waals surface area contributed by atoms with Crippen LogP contribution in [-0.2, 0) is 6.54 Å². The molecule has 0 amide bonds. The van der Waals surface area contributed by atoms with Gasteiger partial charge in [-0.15, -0.1) is 0 Å². The highest BCUT2D eigenvalue weighted by Crippen LogP contribution is 2.21. The lowest BCUT2D eigenvalue weighted by molar-refractivity contribution is 0.589. The second kappa shape index (κ2) is 5.60. The topological polar surface area (TPSA) is 24.9 Å². The van der Waals surface area contributed by atoms with Gasteiger partial charge in [0.05, 0.1) is 5.69 Å². The Morgan fingerprint density at radius 1 is 1.06 bits per heavy atom. The summed E-state index contributed by atoms with van der Waals surface area (Å²) in [5.74, 6) is 0. The Morgan fingerprint density at radius 2 is 1.82 bits per heavy atom. The molecule has 0 bridgehead atoms. The normalized spacial score (nSPS) is 10.8. The van der Waals surface area contributed by atoms with Gasteiger partial charge >= 0.3 is 0 Å². The minimum absolute atomic E-state index is 0.492. The molecule has 1 aromatic carbocycles. The SMILES string of the molecule is CC(C)NCc1ccccc1-c1ccccn1. The van der Waals surface area contributed by atoms with E-state index in [-0.39, 0.29) is 0 Å². The van der Waals surface area contributed by atoms with Gasteiger partial charge in [-0.2, -0.15) is 0 Å². The second-order valence-electron chi connectivity index (χ2n) is 4.41. The highest BCUT2D eigenvalue weighted by Gasteiger charge is 2.05. The van der Waals surface area contributed by atoms with E-state index in [4.69, 9.17) is 0 Å². The molecular weight excluding hydrogens is 208 g/mol. The summed E-state index contributed by atoms with van der Waals surface area (Å²) in [5, 5.41) is 3.44. The molecule has 0 saturated carbocycles. The minimum atomic E-state index is 0.492. The predicted molar refractivity (Wildman–Crippen MR) is 71.6 cm³/mol. The number of pyridine rings is 1. The lowest BCUT2D eigenvalue weighted by Crippen LogP contribution is -2.22. The summed E-state index contributed by atoms with van der Waals surface area (Å²) < 4.78 is 0. The van der Waals surface area contributed by atoms with Crippen LogP contribution in [0.5, 0.6) is 0 Å². The zero-order valence-electron chi connectivity index (χ0n) is 10.4. The molecule has 0 aliphatic carbocycles. The average molecular weight is 226 g/mol. The molecule has 17 heavy (non-hydrogen) atoms. The number of nitrogens with one attached hydrogen (secondary N) is 1. The summed E-state index contributed by atoms with van der Waals surface area (Å²) in [6.07, 6.45) is 1.84. The van der Waals surface area contributed by atoms with Gasteiger partial charge < -0.3 is 5.32 Å². The van der Waals surface area contributed by atoms with Crippen LogP contribution < -0.4 is 5.32 Å². The van der Waals surface area contributed by atoms with Crippen molar-refractivity contribution < 1.29 is 0 Å². The van der Waals surface area contributed by atoms with E-state index in [0.29, 0.717) is 6.04 Å². The van der Waals surface area contributed by atoms with E-state index in [2.05, 4.69) is 48.4 Å². The number of nitrogens with zero attached hydrogens (tertiary/aromatic N) is 1. The molecule has 2 heteroatoms. The Bertz CT molecular complexity index is 463. The zero-order valence-corrected chi connectivity index (χ0v) is 10.4. The average Bonchev–Trinajstić information content (AvgIpc) is 2.38. The van der Waals surface area contributed by atoms with Crippen LogP contribution in [0.1, 0.15) is 19.4 Å². The highest BCUT2D eigenvalue weighted by molar-refractivity contribution is 5.63. The second-order valence-corrected chi connectivity index (χ2v) is 4.41. The molecule has 0 radical (unpaired) electrons. The first-order chi connectivity index (χ1) is 8.27. The van der Waals surface area contributed by atoms with Crippen LogP contribution in [0.15, 0.2) is 48.7 Å². The summed E-state index contributed by atoms with van der Waals surface area (Å²) in [4.78, 5) is 4.41. The van der Waals surface area contributed by atoms with Crippen molar-refractivity contribution in [2.75, 3.05) is 0 Å². The van der Waals surface area contributed by atoms with Crippen molar-refractivity contribution in [2.45, 2.75) is 26.4 Å². The van der Waals surface area contributed by atoms with Crippen molar-refractivity contribution >= 4 is 0 Å². The molecule has 0 atom stereocenters. The quantitative estimate of drug-likeness (QED) is 0.865. The van der Waals surface area contributed by atoms with E-state index in [1.165, 1.54) is 11.1 Å². The minimum Gasteiger partial charge on any atom is -0.310 e. The molecule has 0 aliphatic heterocycles. The molecule has 0 saturated heterocycles. The lowest BCUT2D eigenvalue weighted by Gasteiger charge is -2.12.